The van der Waals surface area contributed by atoms with Gasteiger partial charge in [-0.1, -0.05) is 42.5 Å². The molecule has 0 amide bonds. The number of anilines is 1. The topological polar surface area (TPSA) is 46.2 Å². The third-order valence-electron chi connectivity index (χ3n) is 4.56. The molecule has 2 unspecified atom stereocenters. The quantitative estimate of drug-likeness (QED) is 0.706. The Hall–Kier alpha value is -2.50. The molecule has 1 aromatic heterocycles. The van der Waals surface area contributed by atoms with E-state index in [1.54, 1.807) is 6.20 Å². The van der Waals surface area contributed by atoms with Gasteiger partial charge in [-0.15, -0.1) is 0 Å². The predicted molar refractivity (Wildman–Crippen MR) is 105 cm³/mol. The Labute approximate surface area is 152 Å². The van der Waals surface area contributed by atoms with Gasteiger partial charge in [-0.05, 0) is 29.9 Å². The summed E-state index contributed by atoms with van der Waals surface area (Å²) in [5.41, 5.74) is 2.21. The number of pyridine rings is 1. The molecule has 2 atom stereocenters. The second kappa shape index (κ2) is 7.17. The first-order chi connectivity index (χ1) is 12.3. The highest BCUT2D eigenvalue weighted by Crippen LogP contribution is 2.26. The van der Waals surface area contributed by atoms with E-state index in [9.17, 15) is 0 Å². The van der Waals surface area contributed by atoms with E-state index in [0.717, 1.165) is 29.5 Å². The molecule has 0 spiro atoms. The minimum Gasteiger partial charge on any atom is -0.465 e. The maximum atomic E-state index is 6.07. The zero-order chi connectivity index (χ0) is 17.1. The maximum Gasteiger partial charge on any atom is 0.261 e. The molecule has 1 saturated heterocycles. The smallest absolute Gasteiger partial charge is 0.261 e. The summed E-state index contributed by atoms with van der Waals surface area (Å²) in [4.78, 5) is 4.16. The van der Waals surface area contributed by atoms with Crippen LogP contribution in [0.5, 0.6) is 0 Å². The molecule has 3 aromatic rings. The highest BCUT2D eigenvalue weighted by Gasteiger charge is 2.30. The number of fused-ring (bicyclic) bond motifs is 1. The van der Waals surface area contributed by atoms with Crippen LogP contribution in [0.4, 0.5) is 5.69 Å². The van der Waals surface area contributed by atoms with Crippen molar-refractivity contribution in [2.45, 2.75) is 12.0 Å². The van der Waals surface area contributed by atoms with Crippen molar-refractivity contribution in [2.75, 3.05) is 18.4 Å². The van der Waals surface area contributed by atoms with Crippen molar-refractivity contribution in [2.24, 2.45) is 0 Å². The number of ether oxygens (including phenoxy) is 1. The van der Waals surface area contributed by atoms with Crippen LogP contribution in [0, 0.1) is 0 Å². The van der Waals surface area contributed by atoms with Crippen molar-refractivity contribution in [1.82, 2.24) is 10.3 Å². The third kappa shape index (κ3) is 3.48. The van der Waals surface area contributed by atoms with Gasteiger partial charge in [0, 0.05) is 47.9 Å². The molecule has 0 bridgehead atoms. The van der Waals surface area contributed by atoms with Gasteiger partial charge in [-0.3, -0.25) is 4.98 Å². The molecule has 4 rings (SSSR count). The molecule has 126 valence electrons. The molecule has 2 heterocycles. The molecule has 4 nitrogen and oxygen atoms in total. The summed E-state index contributed by atoms with van der Waals surface area (Å²) >= 11 is 5.46. The van der Waals surface area contributed by atoms with E-state index in [1.807, 2.05) is 36.5 Å². The number of hydrogen-bond acceptors (Lipinski definition) is 4. The van der Waals surface area contributed by atoms with Gasteiger partial charge >= 0.3 is 0 Å². The fraction of sp³-hybridized carbons (Fsp3) is 0.200. The number of thiocarbonyl (C=S) groups is 1. The van der Waals surface area contributed by atoms with Crippen LogP contribution < -0.4 is 10.6 Å². The van der Waals surface area contributed by atoms with Gasteiger partial charge in [0.15, 0.2) is 0 Å². The van der Waals surface area contributed by atoms with Gasteiger partial charge < -0.3 is 15.4 Å². The zero-order valence-corrected chi connectivity index (χ0v) is 14.5. The predicted octanol–water partition coefficient (Wildman–Crippen LogP) is 3.70. The van der Waals surface area contributed by atoms with Crippen LogP contribution in [0.15, 0.2) is 67.0 Å². The van der Waals surface area contributed by atoms with Crippen molar-refractivity contribution < 1.29 is 4.74 Å². The first-order valence-corrected chi connectivity index (χ1v) is 8.78. The summed E-state index contributed by atoms with van der Waals surface area (Å²) < 4.78 is 6.07. The maximum absolute atomic E-state index is 6.07. The number of aromatic nitrogens is 1. The van der Waals surface area contributed by atoms with E-state index in [1.165, 1.54) is 5.56 Å². The van der Waals surface area contributed by atoms with Gasteiger partial charge in [0.25, 0.3) is 5.17 Å². The lowest BCUT2D eigenvalue weighted by atomic mass is 9.96. The van der Waals surface area contributed by atoms with E-state index in [2.05, 4.69) is 39.9 Å². The van der Waals surface area contributed by atoms with Gasteiger partial charge in [0.1, 0.15) is 6.10 Å². The number of nitrogens with one attached hydrogen (secondary N) is 2. The van der Waals surface area contributed by atoms with Crippen molar-refractivity contribution in [3.05, 3.63) is 72.6 Å². The van der Waals surface area contributed by atoms with Crippen molar-refractivity contribution in [3.63, 3.8) is 0 Å². The Morgan fingerprint density at radius 2 is 1.96 bits per heavy atom. The minimum atomic E-state index is 0.0269. The summed E-state index contributed by atoms with van der Waals surface area (Å²) in [6.07, 6.45) is 3.65. The van der Waals surface area contributed by atoms with Crippen LogP contribution in [0.3, 0.4) is 0 Å². The average Bonchev–Trinajstić information content (AvgIpc) is 3.11. The molecular weight excluding hydrogens is 330 g/mol. The van der Waals surface area contributed by atoms with Crippen LogP contribution >= 0.6 is 12.2 Å². The van der Waals surface area contributed by atoms with Gasteiger partial charge in [-0.2, -0.15) is 0 Å². The molecule has 1 aliphatic heterocycles. The fourth-order valence-electron chi connectivity index (χ4n) is 3.32. The van der Waals surface area contributed by atoms with Crippen LogP contribution in [-0.4, -0.2) is 29.4 Å². The van der Waals surface area contributed by atoms with Gasteiger partial charge in [0.2, 0.25) is 0 Å². The molecular formula is C20H19N3OS. The summed E-state index contributed by atoms with van der Waals surface area (Å²) in [6, 6.07) is 18.4. The lowest BCUT2D eigenvalue weighted by Gasteiger charge is -2.21. The molecule has 0 saturated carbocycles. The summed E-state index contributed by atoms with van der Waals surface area (Å²) in [5.74, 6) is 0.303. The number of nitrogens with zero attached hydrogens (tertiary/aromatic N) is 1. The van der Waals surface area contributed by atoms with Crippen LogP contribution in [0.25, 0.3) is 10.8 Å². The van der Waals surface area contributed by atoms with Gasteiger partial charge in [0.05, 0.1) is 0 Å². The molecule has 5 heteroatoms. The Morgan fingerprint density at radius 3 is 2.84 bits per heavy atom. The SMILES string of the molecule is S=C(Nc1cccc2cnccc12)OC1CNCC1c1ccccc1. The Kier molecular flexibility index (Phi) is 4.59. The van der Waals surface area contributed by atoms with Crippen LogP contribution in [0.1, 0.15) is 11.5 Å². The third-order valence-corrected chi connectivity index (χ3v) is 4.76. The first-order valence-electron chi connectivity index (χ1n) is 8.37. The second-order valence-corrected chi connectivity index (χ2v) is 6.52. The number of benzene rings is 2. The van der Waals surface area contributed by atoms with Crippen LogP contribution in [-0.2, 0) is 4.74 Å². The number of hydrogen-bond donors (Lipinski definition) is 2. The average molecular weight is 349 g/mol. The Balaban J connectivity index is 1.48. The summed E-state index contributed by atoms with van der Waals surface area (Å²) in [5, 5.41) is 9.18. The standard InChI is InChI=1S/C20H19N3OS/c25-20(23-18-8-4-7-15-11-21-10-9-16(15)18)24-19-13-22-12-17(19)14-5-2-1-3-6-14/h1-11,17,19,22H,12-13H2,(H,23,25). The van der Waals surface area contributed by atoms with Crippen molar-refractivity contribution in [3.8, 4) is 0 Å². The second-order valence-electron chi connectivity index (χ2n) is 6.15. The molecule has 1 fully saturated rings. The molecule has 25 heavy (non-hydrogen) atoms. The Bertz CT molecular complexity index is 879. The van der Waals surface area contributed by atoms with E-state index in [-0.39, 0.29) is 6.10 Å². The lowest BCUT2D eigenvalue weighted by molar-refractivity contribution is 0.196. The van der Waals surface area contributed by atoms with E-state index in [0.29, 0.717) is 11.1 Å². The minimum absolute atomic E-state index is 0.0269. The summed E-state index contributed by atoms with van der Waals surface area (Å²) in [7, 11) is 0. The van der Waals surface area contributed by atoms with E-state index in [4.69, 9.17) is 17.0 Å². The summed E-state index contributed by atoms with van der Waals surface area (Å²) in [6.45, 7) is 1.69. The molecule has 1 aliphatic rings. The van der Waals surface area contributed by atoms with Crippen LogP contribution in [0.2, 0.25) is 0 Å². The lowest BCUT2D eigenvalue weighted by Crippen LogP contribution is -2.27. The highest BCUT2D eigenvalue weighted by molar-refractivity contribution is 7.80. The first kappa shape index (κ1) is 16.0. The number of rotatable bonds is 3. The van der Waals surface area contributed by atoms with Gasteiger partial charge in [-0.25, -0.2) is 0 Å². The molecule has 0 radical (unpaired) electrons. The van der Waals surface area contributed by atoms with Crippen molar-refractivity contribution in [1.29, 1.82) is 0 Å². The van der Waals surface area contributed by atoms with E-state index < -0.39 is 0 Å². The molecule has 2 aromatic carbocycles. The zero-order valence-electron chi connectivity index (χ0n) is 13.7. The molecule has 2 N–H and O–H groups in total. The van der Waals surface area contributed by atoms with E-state index >= 15 is 0 Å². The highest BCUT2D eigenvalue weighted by atomic mass is 32.1. The monoisotopic (exact) mass is 349 g/mol. The molecule has 0 aliphatic carbocycles. The normalized spacial score (nSPS) is 19.7. The Morgan fingerprint density at radius 1 is 1.08 bits per heavy atom. The fourth-order valence-corrected chi connectivity index (χ4v) is 3.55. The largest absolute Gasteiger partial charge is 0.465 e. The van der Waals surface area contributed by atoms with Crippen molar-refractivity contribution >= 4 is 33.9 Å².